The van der Waals surface area contributed by atoms with Crippen molar-refractivity contribution >= 4 is 0 Å². The van der Waals surface area contributed by atoms with Crippen LogP contribution in [0.4, 0.5) is 0 Å². The molecule has 3 rings (SSSR count). The summed E-state index contributed by atoms with van der Waals surface area (Å²) >= 11 is 0. The highest BCUT2D eigenvalue weighted by atomic mass is 15.1. The molecule has 2 aromatic heterocycles. The van der Waals surface area contributed by atoms with Gasteiger partial charge in [0.2, 0.25) is 0 Å². The van der Waals surface area contributed by atoms with Crippen LogP contribution in [-0.4, -0.2) is 33.0 Å². The third-order valence-electron chi connectivity index (χ3n) is 4.00. The molecule has 1 atom stereocenters. The molecule has 0 aliphatic carbocycles. The second-order valence-corrected chi connectivity index (χ2v) is 5.29. The molecule has 0 bridgehead atoms. The van der Waals surface area contributed by atoms with E-state index in [1.165, 1.54) is 31.4 Å². The molecule has 2 aromatic rings. The monoisotopic (exact) mass is 256 g/mol. The van der Waals surface area contributed by atoms with Crippen LogP contribution >= 0.6 is 0 Å². The van der Waals surface area contributed by atoms with E-state index in [0.29, 0.717) is 6.04 Å². The summed E-state index contributed by atoms with van der Waals surface area (Å²) in [7, 11) is 2.21. The lowest BCUT2D eigenvalue weighted by atomic mass is 9.97. The van der Waals surface area contributed by atoms with Crippen molar-refractivity contribution in [1.29, 1.82) is 0 Å². The van der Waals surface area contributed by atoms with Crippen molar-refractivity contribution in [3.05, 3.63) is 42.1 Å². The van der Waals surface area contributed by atoms with Crippen molar-refractivity contribution in [2.75, 3.05) is 13.6 Å². The summed E-state index contributed by atoms with van der Waals surface area (Å²) in [6, 6.07) is 4.82. The summed E-state index contributed by atoms with van der Waals surface area (Å²) in [5.41, 5.74) is 1.32. The van der Waals surface area contributed by atoms with Crippen molar-refractivity contribution in [2.45, 2.75) is 32.2 Å². The molecule has 1 unspecified atom stereocenters. The van der Waals surface area contributed by atoms with Gasteiger partial charge in [0.1, 0.15) is 11.6 Å². The Balaban J connectivity index is 1.84. The SMILES string of the molecule is Cc1nccn1-c1ccc(C2CCCCN2C)cn1. The number of hydrogen-bond donors (Lipinski definition) is 0. The first-order valence-electron chi connectivity index (χ1n) is 6.92. The predicted octanol–water partition coefficient (Wildman–Crippen LogP) is 2.73. The summed E-state index contributed by atoms with van der Waals surface area (Å²) in [4.78, 5) is 11.3. The van der Waals surface area contributed by atoms with Crippen LogP contribution in [0.3, 0.4) is 0 Å². The Kier molecular flexibility index (Phi) is 3.34. The zero-order valence-corrected chi connectivity index (χ0v) is 11.6. The number of hydrogen-bond acceptors (Lipinski definition) is 3. The van der Waals surface area contributed by atoms with E-state index in [1.807, 2.05) is 23.9 Å². The van der Waals surface area contributed by atoms with Crippen LogP contribution in [0, 0.1) is 6.92 Å². The highest BCUT2D eigenvalue weighted by molar-refractivity contribution is 5.28. The molecule has 1 fully saturated rings. The number of likely N-dealkylation sites (tertiary alicyclic amines) is 1. The van der Waals surface area contributed by atoms with Crippen LogP contribution < -0.4 is 0 Å². The molecule has 0 spiro atoms. The number of aryl methyl sites for hydroxylation is 1. The Morgan fingerprint density at radius 3 is 2.74 bits per heavy atom. The molecular weight excluding hydrogens is 236 g/mol. The third-order valence-corrected chi connectivity index (χ3v) is 4.00. The van der Waals surface area contributed by atoms with Gasteiger partial charge in [-0.3, -0.25) is 9.47 Å². The number of piperidine rings is 1. The lowest BCUT2D eigenvalue weighted by Gasteiger charge is -2.32. The van der Waals surface area contributed by atoms with Gasteiger partial charge in [-0.05, 0) is 45.0 Å². The minimum absolute atomic E-state index is 0.527. The van der Waals surface area contributed by atoms with Gasteiger partial charge >= 0.3 is 0 Å². The average molecular weight is 256 g/mol. The Morgan fingerprint density at radius 2 is 2.11 bits per heavy atom. The molecule has 0 saturated carbocycles. The molecule has 3 heterocycles. The summed E-state index contributed by atoms with van der Waals surface area (Å²) in [6.07, 6.45) is 9.64. The summed E-state index contributed by atoms with van der Waals surface area (Å²) in [5, 5.41) is 0. The number of nitrogens with zero attached hydrogens (tertiary/aromatic N) is 4. The van der Waals surface area contributed by atoms with E-state index < -0.39 is 0 Å². The van der Waals surface area contributed by atoms with Gasteiger partial charge in [-0.25, -0.2) is 9.97 Å². The van der Waals surface area contributed by atoms with Crippen molar-refractivity contribution in [2.24, 2.45) is 0 Å². The molecule has 1 aliphatic heterocycles. The van der Waals surface area contributed by atoms with Gasteiger partial charge in [0.05, 0.1) is 0 Å². The maximum absolute atomic E-state index is 4.59. The van der Waals surface area contributed by atoms with E-state index in [9.17, 15) is 0 Å². The maximum atomic E-state index is 4.59. The van der Waals surface area contributed by atoms with E-state index in [0.717, 1.165) is 11.6 Å². The normalized spacial score (nSPS) is 20.6. The fourth-order valence-corrected chi connectivity index (χ4v) is 2.85. The first-order chi connectivity index (χ1) is 9.25. The van der Waals surface area contributed by atoms with Crippen LogP contribution in [0.1, 0.15) is 36.7 Å². The zero-order chi connectivity index (χ0) is 13.2. The molecule has 0 aromatic carbocycles. The Bertz CT molecular complexity index is 544. The molecule has 4 heteroatoms. The average Bonchev–Trinajstić information content (AvgIpc) is 2.86. The lowest BCUT2D eigenvalue weighted by molar-refractivity contribution is 0.187. The molecule has 1 aliphatic rings. The standard InChI is InChI=1S/C15H20N4/c1-12-16-8-10-19(12)15-7-6-13(11-17-15)14-5-3-4-9-18(14)2/h6-8,10-11,14H,3-5,9H2,1-2H3. The molecule has 4 nitrogen and oxygen atoms in total. The third kappa shape index (κ3) is 2.40. The number of aromatic nitrogens is 3. The quantitative estimate of drug-likeness (QED) is 0.828. The number of rotatable bonds is 2. The van der Waals surface area contributed by atoms with Gasteiger partial charge in [0, 0.05) is 24.6 Å². The minimum Gasteiger partial charge on any atom is -0.299 e. The zero-order valence-electron chi connectivity index (χ0n) is 11.6. The topological polar surface area (TPSA) is 34.0 Å². The van der Waals surface area contributed by atoms with E-state index in [2.05, 4.69) is 34.0 Å². The van der Waals surface area contributed by atoms with Gasteiger partial charge in [-0.1, -0.05) is 12.5 Å². The molecule has 1 saturated heterocycles. The highest BCUT2D eigenvalue weighted by Crippen LogP contribution is 2.29. The lowest BCUT2D eigenvalue weighted by Crippen LogP contribution is -2.29. The second kappa shape index (κ2) is 5.13. The van der Waals surface area contributed by atoms with E-state index in [1.54, 1.807) is 6.20 Å². The molecule has 100 valence electrons. The summed E-state index contributed by atoms with van der Waals surface area (Å²) < 4.78 is 2.01. The van der Waals surface area contributed by atoms with Gasteiger partial charge in [-0.15, -0.1) is 0 Å². The Hall–Kier alpha value is -1.68. The van der Waals surface area contributed by atoms with Crippen molar-refractivity contribution in [1.82, 2.24) is 19.4 Å². The van der Waals surface area contributed by atoms with Crippen LogP contribution in [0.15, 0.2) is 30.7 Å². The predicted molar refractivity (Wildman–Crippen MR) is 75.3 cm³/mol. The fourth-order valence-electron chi connectivity index (χ4n) is 2.85. The van der Waals surface area contributed by atoms with Crippen LogP contribution in [-0.2, 0) is 0 Å². The van der Waals surface area contributed by atoms with Gasteiger partial charge < -0.3 is 0 Å². The van der Waals surface area contributed by atoms with Crippen molar-refractivity contribution in [3.63, 3.8) is 0 Å². The van der Waals surface area contributed by atoms with Gasteiger partial charge in [-0.2, -0.15) is 0 Å². The molecular formula is C15H20N4. The summed E-state index contributed by atoms with van der Waals surface area (Å²) in [5.74, 6) is 1.91. The number of pyridine rings is 1. The second-order valence-electron chi connectivity index (χ2n) is 5.29. The van der Waals surface area contributed by atoms with Crippen LogP contribution in [0.2, 0.25) is 0 Å². The Labute approximate surface area is 114 Å². The van der Waals surface area contributed by atoms with Crippen LogP contribution in [0.5, 0.6) is 0 Å². The van der Waals surface area contributed by atoms with E-state index in [4.69, 9.17) is 0 Å². The molecule has 0 radical (unpaired) electrons. The Morgan fingerprint density at radius 1 is 1.21 bits per heavy atom. The molecule has 0 N–H and O–H groups in total. The summed E-state index contributed by atoms with van der Waals surface area (Å²) in [6.45, 7) is 3.18. The smallest absolute Gasteiger partial charge is 0.137 e. The minimum atomic E-state index is 0.527. The molecule has 19 heavy (non-hydrogen) atoms. The number of imidazole rings is 1. The fraction of sp³-hybridized carbons (Fsp3) is 0.467. The first kappa shape index (κ1) is 12.4. The van der Waals surface area contributed by atoms with E-state index >= 15 is 0 Å². The largest absolute Gasteiger partial charge is 0.299 e. The van der Waals surface area contributed by atoms with Crippen LogP contribution in [0.25, 0.3) is 5.82 Å². The van der Waals surface area contributed by atoms with Crippen molar-refractivity contribution < 1.29 is 0 Å². The van der Waals surface area contributed by atoms with Gasteiger partial charge in [0.15, 0.2) is 0 Å². The molecule has 0 amide bonds. The highest BCUT2D eigenvalue weighted by Gasteiger charge is 2.20. The maximum Gasteiger partial charge on any atom is 0.137 e. The van der Waals surface area contributed by atoms with Gasteiger partial charge in [0.25, 0.3) is 0 Å². The van der Waals surface area contributed by atoms with Crippen molar-refractivity contribution in [3.8, 4) is 5.82 Å². The first-order valence-corrected chi connectivity index (χ1v) is 6.92. The van der Waals surface area contributed by atoms with E-state index in [-0.39, 0.29) is 0 Å².